The Bertz CT molecular complexity index is 719. The van der Waals surface area contributed by atoms with Gasteiger partial charge >= 0.3 is 0 Å². The third-order valence-electron chi connectivity index (χ3n) is 4.70. The molecule has 0 radical (unpaired) electrons. The van der Waals surface area contributed by atoms with Crippen molar-refractivity contribution >= 4 is 17.4 Å². The van der Waals surface area contributed by atoms with Crippen LogP contribution in [-0.4, -0.2) is 55.1 Å². The molecule has 0 aliphatic carbocycles. The fraction of sp³-hybridized carbons (Fsp3) is 0.400. The van der Waals surface area contributed by atoms with Crippen molar-refractivity contribution in [2.75, 3.05) is 37.0 Å². The van der Waals surface area contributed by atoms with Gasteiger partial charge in [0.25, 0.3) is 5.91 Å². The van der Waals surface area contributed by atoms with Gasteiger partial charge in [-0.2, -0.15) is 0 Å². The van der Waals surface area contributed by atoms with Crippen LogP contribution in [-0.2, 0) is 0 Å². The predicted octanol–water partition coefficient (Wildman–Crippen LogP) is 2.89. The number of aromatic nitrogens is 1. The zero-order valence-electron chi connectivity index (χ0n) is 15.4. The Morgan fingerprint density at radius 2 is 1.68 bits per heavy atom. The van der Waals surface area contributed by atoms with Crippen LogP contribution in [0.5, 0.6) is 0 Å². The lowest BCUT2D eigenvalue weighted by molar-refractivity contribution is 0.0701. The van der Waals surface area contributed by atoms with E-state index in [1.54, 1.807) is 6.20 Å². The van der Waals surface area contributed by atoms with Gasteiger partial charge in [0.1, 0.15) is 5.82 Å². The number of rotatable bonds is 3. The summed E-state index contributed by atoms with van der Waals surface area (Å²) >= 11 is 0. The van der Waals surface area contributed by atoms with E-state index in [0.717, 1.165) is 5.82 Å². The summed E-state index contributed by atoms with van der Waals surface area (Å²) in [7, 11) is 3.83. The van der Waals surface area contributed by atoms with Crippen LogP contribution in [0.1, 0.15) is 24.2 Å². The number of amides is 1. The van der Waals surface area contributed by atoms with Crippen molar-refractivity contribution in [3.05, 3.63) is 54.2 Å². The van der Waals surface area contributed by atoms with Gasteiger partial charge in [-0.05, 0) is 38.1 Å². The lowest BCUT2D eigenvalue weighted by Gasteiger charge is -2.46. The van der Waals surface area contributed by atoms with Crippen molar-refractivity contribution in [2.45, 2.75) is 25.9 Å². The van der Waals surface area contributed by atoms with Crippen LogP contribution in [0.15, 0.2) is 48.7 Å². The van der Waals surface area contributed by atoms with Crippen LogP contribution in [0.2, 0.25) is 0 Å². The van der Waals surface area contributed by atoms with Gasteiger partial charge in [-0.1, -0.05) is 18.2 Å². The maximum Gasteiger partial charge on any atom is 0.257 e. The van der Waals surface area contributed by atoms with Gasteiger partial charge < -0.3 is 14.7 Å². The van der Waals surface area contributed by atoms with Crippen LogP contribution in [0.4, 0.5) is 11.5 Å². The first-order chi connectivity index (χ1) is 12.0. The average molecular weight is 338 g/mol. The number of piperazine rings is 1. The fourth-order valence-electron chi connectivity index (χ4n) is 3.69. The lowest BCUT2D eigenvalue weighted by Crippen LogP contribution is -2.58. The number of nitrogens with zero attached hydrogens (tertiary/aromatic N) is 4. The zero-order valence-corrected chi connectivity index (χ0v) is 15.4. The van der Waals surface area contributed by atoms with Gasteiger partial charge in [-0.3, -0.25) is 4.79 Å². The van der Waals surface area contributed by atoms with Gasteiger partial charge in [-0.15, -0.1) is 0 Å². The number of hydrogen-bond acceptors (Lipinski definition) is 4. The highest BCUT2D eigenvalue weighted by atomic mass is 16.2. The molecule has 1 aromatic heterocycles. The highest BCUT2D eigenvalue weighted by molar-refractivity contribution is 5.99. The molecule has 1 aliphatic heterocycles. The van der Waals surface area contributed by atoms with E-state index in [1.807, 2.05) is 42.1 Å². The van der Waals surface area contributed by atoms with Crippen molar-refractivity contribution < 1.29 is 4.79 Å². The van der Waals surface area contributed by atoms with E-state index in [2.05, 4.69) is 48.0 Å². The summed E-state index contributed by atoms with van der Waals surface area (Å²) in [6, 6.07) is 14.6. The molecule has 132 valence electrons. The maximum atomic E-state index is 13.1. The molecule has 1 saturated heterocycles. The van der Waals surface area contributed by atoms with E-state index in [4.69, 9.17) is 0 Å². The van der Waals surface area contributed by atoms with E-state index in [1.165, 1.54) is 5.69 Å². The standard InChI is InChI=1S/C20H26N4O/c1-15-13-23(14-16(2)24(15)17-9-6-5-7-10-17)20(25)18-11-8-12-21-19(18)22(3)4/h5-12,15-16H,13-14H2,1-4H3. The molecule has 0 spiro atoms. The van der Waals surface area contributed by atoms with Crippen molar-refractivity contribution in [3.8, 4) is 0 Å². The number of hydrogen-bond donors (Lipinski definition) is 0. The first kappa shape index (κ1) is 17.3. The zero-order chi connectivity index (χ0) is 18.0. The second-order valence-electron chi connectivity index (χ2n) is 6.92. The molecule has 0 saturated carbocycles. The first-order valence-electron chi connectivity index (χ1n) is 8.74. The van der Waals surface area contributed by atoms with E-state index < -0.39 is 0 Å². The molecule has 0 bridgehead atoms. The highest BCUT2D eigenvalue weighted by Crippen LogP contribution is 2.26. The maximum absolute atomic E-state index is 13.1. The van der Waals surface area contributed by atoms with Crippen molar-refractivity contribution in [1.82, 2.24) is 9.88 Å². The molecule has 1 aliphatic rings. The molecule has 1 aromatic carbocycles. The molecular formula is C20H26N4O. The molecule has 2 atom stereocenters. The summed E-state index contributed by atoms with van der Waals surface area (Å²) in [5.74, 6) is 0.779. The summed E-state index contributed by atoms with van der Waals surface area (Å²) in [5, 5.41) is 0. The topological polar surface area (TPSA) is 39.7 Å². The highest BCUT2D eigenvalue weighted by Gasteiger charge is 2.33. The third-order valence-corrected chi connectivity index (χ3v) is 4.70. The molecule has 5 heteroatoms. The summed E-state index contributed by atoms with van der Waals surface area (Å²) in [4.78, 5) is 23.7. The number of para-hydroxylation sites is 1. The molecule has 1 fully saturated rings. The minimum atomic E-state index is 0.0585. The van der Waals surface area contributed by atoms with E-state index in [-0.39, 0.29) is 18.0 Å². The van der Waals surface area contributed by atoms with Gasteiger partial charge in [0.2, 0.25) is 0 Å². The Balaban J connectivity index is 1.81. The summed E-state index contributed by atoms with van der Waals surface area (Å²) in [6.07, 6.45) is 1.73. The predicted molar refractivity (Wildman–Crippen MR) is 102 cm³/mol. The first-order valence-corrected chi connectivity index (χ1v) is 8.74. The Morgan fingerprint density at radius 1 is 1.04 bits per heavy atom. The van der Waals surface area contributed by atoms with Gasteiger partial charge in [0, 0.05) is 51.2 Å². The lowest BCUT2D eigenvalue weighted by atomic mass is 10.0. The molecule has 3 rings (SSSR count). The summed E-state index contributed by atoms with van der Waals surface area (Å²) < 4.78 is 0. The Kier molecular flexibility index (Phi) is 4.93. The Hall–Kier alpha value is -2.56. The second kappa shape index (κ2) is 7.13. The number of anilines is 2. The van der Waals surface area contributed by atoms with Crippen LogP contribution in [0.25, 0.3) is 0 Å². The quantitative estimate of drug-likeness (QED) is 0.863. The smallest absolute Gasteiger partial charge is 0.257 e. The van der Waals surface area contributed by atoms with E-state index in [0.29, 0.717) is 18.7 Å². The van der Waals surface area contributed by atoms with Crippen LogP contribution in [0, 0.1) is 0 Å². The van der Waals surface area contributed by atoms with Gasteiger partial charge in [0.15, 0.2) is 0 Å². The summed E-state index contributed by atoms with van der Waals surface area (Å²) in [5.41, 5.74) is 1.88. The largest absolute Gasteiger partial charge is 0.363 e. The van der Waals surface area contributed by atoms with E-state index in [9.17, 15) is 4.79 Å². The third kappa shape index (κ3) is 3.45. The molecule has 2 heterocycles. The molecule has 1 amide bonds. The van der Waals surface area contributed by atoms with Crippen molar-refractivity contribution in [3.63, 3.8) is 0 Å². The minimum Gasteiger partial charge on any atom is -0.363 e. The van der Waals surface area contributed by atoms with Crippen LogP contribution >= 0.6 is 0 Å². The molecule has 0 N–H and O–H groups in total. The SMILES string of the molecule is CC1CN(C(=O)c2cccnc2N(C)C)CC(C)N1c1ccccc1. The number of carbonyl (C=O) groups excluding carboxylic acids is 1. The molecule has 2 aromatic rings. The van der Waals surface area contributed by atoms with Gasteiger partial charge in [0.05, 0.1) is 5.56 Å². The molecular weight excluding hydrogens is 312 g/mol. The molecule has 25 heavy (non-hydrogen) atoms. The van der Waals surface area contributed by atoms with Crippen molar-refractivity contribution in [1.29, 1.82) is 0 Å². The minimum absolute atomic E-state index is 0.0585. The van der Waals surface area contributed by atoms with Gasteiger partial charge in [-0.25, -0.2) is 4.98 Å². The normalized spacial score (nSPS) is 20.5. The van der Waals surface area contributed by atoms with Crippen molar-refractivity contribution in [2.24, 2.45) is 0 Å². The van der Waals surface area contributed by atoms with Crippen LogP contribution < -0.4 is 9.80 Å². The monoisotopic (exact) mass is 338 g/mol. The summed E-state index contributed by atoms with van der Waals surface area (Å²) in [6.45, 7) is 5.78. The molecule has 5 nitrogen and oxygen atoms in total. The van der Waals surface area contributed by atoms with E-state index >= 15 is 0 Å². The Labute approximate surface area is 149 Å². The second-order valence-corrected chi connectivity index (χ2v) is 6.92. The average Bonchev–Trinajstić information content (AvgIpc) is 2.61. The molecule has 2 unspecified atom stereocenters. The Morgan fingerprint density at radius 3 is 2.28 bits per heavy atom. The number of pyridine rings is 1. The number of benzene rings is 1. The number of carbonyl (C=O) groups is 1. The van der Waals surface area contributed by atoms with Crippen LogP contribution in [0.3, 0.4) is 0 Å². The fourth-order valence-corrected chi connectivity index (χ4v) is 3.69.